The second kappa shape index (κ2) is 6.37. The summed E-state index contributed by atoms with van der Waals surface area (Å²) in [7, 11) is 0. The molecule has 0 aliphatic carbocycles. The van der Waals surface area contributed by atoms with Crippen LogP contribution in [0.4, 0.5) is 10.1 Å². The Labute approximate surface area is 103 Å². The van der Waals surface area contributed by atoms with Crippen molar-refractivity contribution in [3.63, 3.8) is 0 Å². The summed E-state index contributed by atoms with van der Waals surface area (Å²) in [6.07, 6.45) is 4.98. The number of terminal acetylenes is 1. The molecule has 0 aliphatic heterocycles. The fourth-order valence-corrected chi connectivity index (χ4v) is 1.22. The molecule has 5 nitrogen and oxygen atoms in total. The fraction of sp³-hybridized carbons (Fsp3) is 0.167. The van der Waals surface area contributed by atoms with Gasteiger partial charge in [-0.25, -0.2) is 9.18 Å². The molecule has 0 saturated carbocycles. The minimum atomic E-state index is -1.36. The molecule has 6 heteroatoms. The van der Waals surface area contributed by atoms with Gasteiger partial charge < -0.3 is 10.4 Å². The molecule has 1 aromatic carbocycles. The van der Waals surface area contributed by atoms with Gasteiger partial charge in [-0.3, -0.25) is 10.1 Å². The summed E-state index contributed by atoms with van der Waals surface area (Å²) in [6.45, 7) is 0.242. The fourth-order valence-electron chi connectivity index (χ4n) is 1.22. The van der Waals surface area contributed by atoms with Crippen LogP contribution >= 0.6 is 0 Å². The average molecular weight is 250 g/mol. The predicted molar refractivity (Wildman–Crippen MR) is 63.7 cm³/mol. The summed E-state index contributed by atoms with van der Waals surface area (Å²) in [5.41, 5.74) is -0.261. The third kappa shape index (κ3) is 3.88. The Morgan fingerprint density at radius 3 is 2.72 bits per heavy atom. The smallest absolute Gasteiger partial charge is 0.338 e. The normalized spacial score (nSPS) is 9.56. The topological polar surface area (TPSA) is 78.4 Å². The number of carboxylic acids is 1. The Bertz CT molecular complexity index is 509. The minimum Gasteiger partial charge on any atom is -0.478 e. The van der Waals surface area contributed by atoms with Gasteiger partial charge in [0.1, 0.15) is 5.82 Å². The summed E-state index contributed by atoms with van der Waals surface area (Å²) in [5, 5.41) is 13.7. The zero-order valence-corrected chi connectivity index (χ0v) is 9.37. The lowest BCUT2D eigenvalue weighted by Crippen LogP contribution is -2.28. The number of carbonyl (C=O) groups is 2. The van der Waals surface area contributed by atoms with Crippen molar-refractivity contribution in [2.24, 2.45) is 0 Å². The lowest BCUT2D eigenvalue weighted by molar-refractivity contribution is -0.115. The quantitative estimate of drug-likeness (QED) is 0.530. The Morgan fingerprint density at radius 1 is 1.44 bits per heavy atom. The van der Waals surface area contributed by atoms with E-state index in [0.717, 1.165) is 12.1 Å². The van der Waals surface area contributed by atoms with E-state index >= 15 is 0 Å². The number of nitrogens with one attached hydrogen (secondary N) is 2. The van der Waals surface area contributed by atoms with Crippen molar-refractivity contribution >= 4 is 17.6 Å². The van der Waals surface area contributed by atoms with Crippen LogP contribution in [0.2, 0.25) is 0 Å². The highest BCUT2D eigenvalue weighted by molar-refractivity contribution is 5.93. The van der Waals surface area contributed by atoms with Gasteiger partial charge in [0, 0.05) is 5.69 Å². The lowest BCUT2D eigenvalue weighted by Gasteiger charge is -2.06. The molecular formula is C12H11FN2O3. The van der Waals surface area contributed by atoms with E-state index in [0.29, 0.717) is 0 Å². The Balaban J connectivity index is 2.64. The SMILES string of the molecule is C#CCNCC(=O)Nc1ccc(C(=O)O)c(F)c1. The van der Waals surface area contributed by atoms with Crippen molar-refractivity contribution in [3.8, 4) is 12.3 Å². The van der Waals surface area contributed by atoms with E-state index in [4.69, 9.17) is 11.5 Å². The van der Waals surface area contributed by atoms with E-state index in [2.05, 4.69) is 16.6 Å². The van der Waals surface area contributed by atoms with Crippen molar-refractivity contribution in [2.75, 3.05) is 18.4 Å². The predicted octanol–water partition coefficient (Wildman–Crippen LogP) is 0.685. The number of halogens is 1. The van der Waals surface area contributed by atoms with Gasteiger partial charge in [0.05, 0.1) is 18.7 Å². The molecule has 94 valence electrons. The highest BCUT2D eigenvalue weighted by Crippen LogP contribution is 2.14. The number of benzene rings is 1. The molecule has 0 spiro atoms. The van der Waals surface area contributed by atoms with Gasteiger partial charge >= 0.3 is 5.97 Å². The number of anilines is 1. The van der Waals surface area contributed by atoms with Gasteiger partial charge in [0.25, 0.3) is 0 Å². The van der Waals surface area contributed by atoms with Crippen LogP contribution in [0.1, 0.15) is 10.4 Å². The molecular weight excluding hydrogens is 239 g/mol. The summed E-state index contributed by atoms with van der Waals surface area (Å²) >= 11 is 0. The number of amides is 1. The van der Waals surface area contributed by atoms with Crippen LogP contribution in [0, 0.1) is 18.2 Å². The van der Waals surface area contributed by atoms with E-state index in [1.54, 1.807) is 0 Å². The van der Waals surface area contributed by atoms with Gasteiger partial charge in [-0.1, -0.05) is 5.92 Å². The van der Waals surface area contributed by atoms with Crippen molar-refractivity contribution < 1.29 is 19.1 Å². The molecule has 0 fully saturated rings. The molecule has 0 radical (unpaired) electrons. The van der Waals surface area contributed by atoms with E-state index in [-0.39, 0.29) is 18.8 Å². The molecule has 1 aromatic rings. The number of carboxylic acid groups (broad SMARTS) is 1. The number of hydrogen-bond acceptors (Lipinski definition) is 3. The van der Waals surface area contributed by atoms with Crippen LogP contribution in [0.5, 0.6) is 0 Å². The third-order valence-electron chi connectivity index (χ3n) is 2.00. The molecule has 3 N–H and O–H groups in total. The molecule has 0 bridgehead atoms. The minimum absolute atomic E-state index is 0.00744. The largest absolute Gasteiger partial charge is 0.478 e. The van der Waals surface area contributed by atoms with Crippen LogP contribution in [-0.4, -0.2) is 30.1 Å². The van der Waals surface area contributed by atoms with Crippen LogP contribution in [0.15, 0.2) is 18.2 Å². The molecule has 18 heavy (non-hydrogen) atoms. The molecule has 0 aliphatic rings. The molecule has 0 atom stereocenters. The van der Waals surface area contributed by atoms with Gasteiger partial charge in [-0.15, -0.1) is 6.42 Å². The van der Waals surface area contributed by atoms with Crippen molar-refractivity contribution in [1.29, 1.82) is 0 Å². The maximum atomic E-state index is 13.3. The highest BCUT2D eigenvalue weighted by Gasteiger charge is 2.11. The first-order valence-electron chi connectivity index (χ1n) is 5.01. The third-order valence-corrected chi connectivity index (χ3v) is 2.00. The molecule has 0 unspecified atom stereocenters. The number of carbonyl (C=O) groups excluding carboxylic acids is 1. The zero-order chi connectivity index (χ0) is 13.5. The molecule has 1 amide bonds. The van der Waals surface area contributed by atoms with Crippen LogP contribution in [0.25, 0.3) is 0 Å². The summed E-state index contributed by atoms with van der Waals surface area (Å²) < 4.78 is 13.3. The molecule has 0 heterocycles. The standard InChI is InChI=1S/C12H11FN2O3/c1-2-5-14-7-11(16)15-8-3-4-9(12(17)18)10(13)6-8/h1,3-4,6,14H,5,7H2,(H,15,16)(H,17,18). The Hall–Kier alpha value is -2.39. The second-order valence-electron chi connectivity index (χ2n) is 3.36. The summed E-state index contributed by atoms with van der Waals surface area (Å²) in [5.74, 6) is -0.362. The number of rotatable bonds is 5. The Kier molecular flexibility index (Phi) is 4.84. The van der Waals surface area contributed by atoms with Gasteiger partial charge in [0.15, 0.2) is 0 Å². The zero-order valence-electron chi connectivity index (χ0n) is 9.37. The monoisotopic (exact) mass is 250 g/mol. The molecule has 0 aromatic heterocycles. The van der Waals surface area contributed by atoms with Gasteiger partial charge in [-0.05, 0) is 18.2 Å². The second-order valence-corrected chi connectivity index (χ2v) is 3.36. The van der Waals surface area contributed by atoms with Crippen molar-refractivity contribution in [3.05, 3.63) is 29.6 Å². The summed E-state index contributed by atoms with van der Waals surface area (Å²) in [4.78, 5) is 21.9. The molecule has 1 rings (SSSR count). The Morgan fingerprint density at radius 2 is 2.17 bits per heavy atom. The number of hydrogen-bond donors (Lipinski definition) is 3. The van der Waals surface area contributed by atoms with Crippen LogP contribution < -0.4 is 10.6 Å². The van der Waals surface area contributed by atoms with E-state index in [1.165, 1.54) is 6.07 Å². The average Bonchev–Trinajstić information content (AvgIpc) is 2.28. The first-order valence-corrected chi connectivity index (χ1v) is 5.01. The first-order chi connectivity index (χ1) is 8.54. The maximum absolute atomic E-state index is 13.3. The van der Waals surface area contributed by atoms with E-state index < -0.39 is 23.3 Å². The van der Waals surface area contributed by atoms with Crippen LogP contribution in [-0.2, 0) is 4.79 Å². The number of aromatic carboxylic acids is 1. The van der Waals surface area contributed by atoms with Crippen molar-refractivity contribution in [2.45, 2.75) is 0 Å². The molecule has 0 saturated heterocycles. The maximum Gasteiger partial charge on any atom is 0.338 e. The van der Waals surface area contributed by atoms with Crippen molar-refractivity contribution in [1.82, 2.24) is 5.32 Å². The highest BCUT2D eigenvalue weighted by atomic mass is 19.1. The van der Waals surface area contributed by atoms with Crippen LogP contribution in [0.3, 0.4) is 0 Å². The van der Waals surface area contributed by atoms with Gasteiger partial charge in [-0.2, -0.15) is 0 Å². The van der Waals surface area contributed by atoms with E-state index in [1.807, 2.05) is 0 Å². The summed E-state index contributed by atoms with van der Waals surface area (Å²) in [6, 6.07) is 3.34. The first kappa shape index (κ1) is 13.7. The lowest BCUT2D eigenvalue weighted by atomic mass is 10.2. The van der Waals surface area contributed by atoms with E-state index in [9.17, 15) is 14.0 Å². The van der Waals surface area contributed by atoms with Gasteiger partial charge in [0.2, 0.25) is 5.91 Å².